The van der Waals surface area contributed by atoms with Gasteiger partial charge in [0.1, 0.15) is 5.54 Å². The fraction of sp³-hybridized carbons (Fsp3) is 0.917. The first kappa shape index (κ1) is 9.64. The van der Waals surface area contributed by atoms with E-state index in [0.717, 1.165) is 19.4 Å². The van der Waals surface area contributed by atoms with Crippen molar-refractivity contribution in [3.8, 4) is 0 Å². The summed E-state index contributed by atoms with van der Waals surface area (Å²) < 4.78 is 0. The van der Waals surface area contributed by atoms with E-state index in [1.54, 1.807) is 0 Å². The van der Waals surface area contributed by atoms with Gasteiger partial charge in [-0.3, -0.25) is 9.69 Å². The highest BCUT2D eigenvalue weighted by Gasteiger charge is 2.81. The Morgan fingerprint density at radius 1 is 1.27 bits per heavy atom. The minimum Gasteiger partial charge on any atom is -0.480 e. The van der Waals surface area contributed by atoms with Gasteiger partial charge in [-0.15, -0.1) is 0 Å². The van der Waals surface area contributed by atoms with Gasteiger partial charge in [0.2, 0.25) is 0 Å². The van der Waals surface area contributed by atoms with Crippen molar-refractivity contribution in [1.29, 1.82) is 0 Å². The molecule has 1 spiro atoms. The third-order valence-corrected chi connectivity index (χ3v) is 5.23. The predicted molar refractivity (Wildman–Crippen MR) is 56.5 cm³/mol. The maximum absolute atomic E-state index is 11.7. The lowest BCUT2D eigenvalue weighted by Gasteiger charge is -2.55. The smallest absolute Gasteiger partial charge is 0.325 e. The van der Waals surface area contributed by atoms with Crippen LogP contribution in [0.3, 0.4) is 0 Å². The van der Waals surface area contributed by atoms with Crippen LogP contribution in [-0.4, -0.2) is 34.1 Å². The molecule has 0 aromatic heterocycles. The summed E-state index contributed by atoms with van der Waals surface area (Å²) in [6, 6.07) is 0.480. The molecule has 3 nitrogen and oxygen atoms in total. The number of hydrogen-bond acceptors (Lipinski definition) is 2. The summed E-state index contributed by atoms with van der Waals surface area (Å²) in [6.45, 7) is 7.43. The average Bonchev–Trinajstić information content (AvgIpc) is 2.95. The number of aliphatic carboxylic acids is 1. The zero-order chi connectivity index (χ0) is 11.0. The molecule has 1 aliphatic heterocycles. The zero-order valence-electron chi connectivity index (χ0n) is 9.66. The third kappa shape index (κ3) is 0.814. The van der Waals surface area contributed by atoms with Gasteiger partial charge in [0.15, 0.2) is 0 Å². The molecule has 6 atom stereocenters. The van der Waals surface area contributed by atoms with Gasteiger partial charge in [-0.1, -0.05) is 13.8 Å². The summed E-state index contributed by atoms with van der Waals surface area (Å²) in [4.78, 5) is 13.9. The van der Waals surface area contributed by atoms with Gasteiger partial charge in [0.25, 0.3) is 0 Å². The Kier molecular flexibility index (Phi) is 1.54. The van der Waals surface area contributed by atoms with E-state index in [2.05, 4.69) is 25.7 Å². The number of carbonyl (C=O) groups is 1. The first-order chi connectivity index (χ1) is 6.96. The van der Waals surface area contributed by atoms with Crippen molar-refractivity contribution in [3.05, 3.63) is 0 Å². The summed E-state index contributed by atoms with van der Waals surface area (Å²) in [5, 5.41) is 9.63. The molecule has 3 fully saturated rings. The van der Waals surface area contributed by atoms with Gasteiger partial charge in [-0.2, -0.15) is 0 Å². The monoisotopic (exact) mass is 209 g/mol. The molecule has 1 N–H and O–H groups in total. The van der Waals surface area contributed by atoms with E-state index >= 15 is 0 Å². The Balaban J connectivity index is 2.00. The van der Waals surface area contributed by atoms with Crippen LogP contribution in [0.15, 0.2) is 0 Å². The van der Waals surface area contributed by atoms with Crippen LogP contribution in [0.4, 0.5) is 0 Å². The number of carboxylic acids is 1. The molecule has 1 saturated heterocycles. The van der Waals surface area contributed by atoms with Gasteiger partial charge < -0.3 is 5.11 Å². The molecule has 1 heterocycles. The van der Waals surface area contributed by atoms with Crippen LogP contribution >= 0.6 is 0 Å². The minimum absolute atomic E-state index is 0.128. The SMILES string of the molecule is CC1CN1C1(C(=O)O)C(C)CC12CC2C. The highest BCUT2D eigenvalue weighted by Crippen LogP contribution is 2.75. The first-order valence-electron chi connectivity index (χ1n) is 5.97. The van der Waals surface area contributed by atoms with E-state index in [0.29, 0.717) is 17.9 Å². The molecule has 0 radical (unpaired) electrons. The third-order valence-electron chi connectivity index (χ3n) is 5.23. The quantitative estimate of drug-likeness (QED) is 0.702. The summed E-state index contributed by atoms with van der Waals surface area (Å²) in [5.41, 5.74) is -0.380. The normalized spacial score (nSPS) is 61.3. The van der Waals surface area contributed by atoms with Gasteiger partial charge in [-0.05, 0) is 31.6 Å². The molecular weight excluding hydrogens is 190 g/mol. The Hall–Kier alpha value is -0.570. The van der Waals surface area contributed by atoms with E-state index in [9.17, 15) is 9.90 Å². The predicted octanol–water partition coefficient (Wildman–Crippen LogP) is 1.58. The molecule has 6 unspecified atom stereocenters. The van der Waals surface area contributed by atoms with Crippen molar-refractivity contribution in [2.45, 2.75) is 45.2 Å². The largest absolute Gasteiger partial charge is 0.480 e. The van der Waals surface area contributed by atoms with Crippen molar-refractivity contribution in [1.82, 2.24) is 4.90 Å². The van der Waals surface area contributed by atoms with Crippen molar-refractivity contribution >= 4 is 5.97 Å². The van der Waals surface area contributed by atoms with E-state index in [4.69, 9.17) is 0 Å². The van der Waals surface area contributed by atoms with Crippen LogP contribution in [0.5, 0.6) is 0 Å². The highest BCUT2D eigenvalue weighted by molar-refractivity contribution is 5.84. The Bertz CT molecular complexity index is 343. The van der Waals surface area contributed by atoms with E-state index < -0.39 is 11.5 Å². The average molecular weight is 209 g/mol. The van der Waals surface area contributed by atoms with Crippen LogP contribution in [0.25, 0.3) is 0 Å². The van der Waals surface area contributed by atoms with Crippen LogP contribution in [0, 0.1) is 17.3 Å². The molecule has 3 heteroatoms. The number of carboxylic acid groups (broad SMARTS) is 1. The molecule has 0 bridgehead atoms. The highest BCUT2D eigenvalue weighted by atomic mass is 16.4. The summed E-state index contributed by atoms with van der Waals surface area (Å²) >= 11 is 0. The molecule has 15 heavy (non-hydrogen) atoms. The van der Waals surface area contributed by atoms with Gasteiger partial charge in [0.05, 0.1) is 0 Å². The maximum Gasteiger partial charge on any atom is 0.325 e. The van der Waals surface area contributed by atoms with Crippen molar-refractivity contribution < 1.29 is 9.90 Å². The molecule has 3 aliphatic rings. The summed E-state index contributed by atoms with van der Waals surface area (Å²) in [6.07, 6.45) is 2.23. The molecule has 84 valence electrons. The van der Waals surface area contributed by atoms with Crippen LogP contribution in [-0.2, 0) is 4.79 Å². The molecular formula is C12H19NO2. The lowest BCUT2D eigenvalue weighted by atomic mass is 9.55. The molecule has 3 rings (SSSR count). The summed E-state index contributed by atoms with van der Waals surface area (Å²) in [7, 11) is 0. The summed E-state index contributed by atoms with van der Waals surface area (Å²) in [5.74, 6) is 0.359. The minimum atomic E-state index is -0.574. The second-order valence-electron chi connectivity index (χ2n) is 5.94. The number of rotatable bonds is 2. The second-order valence-corrected chi connectivity index (χ2v) is 5.94. The zero-order valence-corrected chi connectivity index (χ0v) is 9.66. The maximum atomic E-state index is 11.7. The first-order valence-corrected chi connectivity index (χ1v) is 5.97. The van der Waals surface area contributed by atoms with E-state index in [1.165, 1.54) is 0 Å². The Labute approximate surface area is 90.5 Å². The number of nitrogens with zero attached hydrogens (tertiary/aromatic N) is 1. The molecule has 2 aliphatic carbocycles. The van der Waals surface area contributed by atoms with Crippen LogP contribution < -0.4 is 0 Å². The molecule has 2 saturated carbocycles. The fourth-order valence-corrected chi connectivity index (χ4v) is 4.36. The van der Waals surface area contributed by atoms with E-state index in [-0.39, 0.29) is 5.41 Å². The van der Waals surface area contributed by atoms with E-state index in [1.807, 2.05) is 0 Å². The van der Waals surface area contributed by atoms with Gasteiger partial charge in [0, 0.05) is 18.0 Å². The van der Waals surface area contributed by atoms with Crippen LogP contribution in [0.2, 0.25) is 0 Å². The van der Waals surface area contributed by atoms with Gasteiger partial charge in [-0.25, -0.2) is 0 Å². The lowest BCUT2D eigenvalue weighted by molar-refractivity contribution is -0.173. The molecule has 0 aromatic rings. The lowest BCUT2D eigenvalue weighted by Crippen LogP contribution is -2.67. The molecule has 0 amide bonds. The molecule has 0 aromatic carbocycles. The Morgan fingerprint density at radius 3 is 2.07 bits per heavy atom. The van der Waals surface area contributed by atoms with Crippen molar-refractivity contribution in [2.75, 3.05) is 6.54 Å². The fourth-order valence-electron chi connectivity index (χ4n) is 4.36. The van der Waals surface area contributed by atoms with Gasteiger partial charge >= 0.3 is 5.97 Å². The van der Waals surface area contributed by atoms with Crippen molar-refractivity contribution in [3.63, 3.8) is 0 Å². The standard InChI is InChI=1S/C12H19NO2/c1-7-4-11(7)5-8(2)12(11,10(14)15)13-6-9(13)3/h7-9H,4-6H2,1-3H3,(H,14,15). The Morgan fingerprint density at radius 2 is 1.80 bits per heavy atom. The number of hydrogen-bond donors (Lipinski definition) is 1. The van der Waals surface area contributed by atoms with Crippen LogP contribution in [0.1, 0.15) is 33.6 Å². The second kappa shape index (κ2) is 2.40. The van der Waals surface area contributed by atoms with Crippen molar-refractivity contribution in [2.24, 2.45) is 17.3 Å². The topological polar surface area (TPSA) is 40.3 Å².